The van der Waals surface area contributed by atoms with Gasteiger partial charge in [0.1, 0.15) is 17.4 Å². The first-order valence-electron chi connectivity index (χ1n) is 5.61. The van der Waals surface area contributed by atoms with Crippen molar-refractivity contribution in [3.63, 3.8) is 0 Å². The summed E-state index contributed by atoms with van der Waals surface area (Å²) in [5.74, 6) is -0.407. The molecule has 19 heavy (non-hydrogen) atoms. The Bertz CT molecular complexity index is 590. The smallest absolute Gasteiger partial charge is 0.144 e. The number of nitrogens with one attached hydrogen (secondary N) is 1. The third-order valence-electron chi connectivity index (χ3n) is 2.65. The van der Waals surface area contributed by atoms with Crippen LogP contribution in [0.25, 0.3) is 0 Å². The van der Waals surface area contributed by atoms with Crippen LogP contribution in [0.5, 0.6) is 5.75 Å². The van der Waals surface area contributed by atoms with Crippen molar-refractivity contribution in [2.24, 2.45) is 0 Å². The molecule has 1 N–H and O–H groups in total. The molecule has 2 aromatic rings. The van der Waals surface area contributed by atoms with Crippen LogP contribution in [0.3, 0.4) is 0 Å². The summed E-state index contributed by atoms with van der Waals surface area (Å²) >= 11 is 5.68. The minimum Gasteiger partial charge on any atom is -0.494 e. The first kappa shape index (κ1) is 13.6. The van der Waals surface area contributed by atoms with Crippen LogP contribution >= 0.6 is 11.6 Å². The van der Waals surface area contributed by atoms with E-state index in [0.717, 1.165) is 0 Å². The molecule has 0 aliphatic heterocycles. The zero-order valence-electron chi connectivity index (χ0n) is 10.2. The first-order chi connectivity index (χ1) is 9.10. The van der Waals surface area contributed by atoms with E-state index >= 15 is 0 Å². The molecule has 2 nitrogen and oxygen atoms in total. The SMILES string of the molecule is COc1cc(F)ccc1NCc1ccc(Cl)cc1F. The minimum atomic E-state index is -0.389. The predicted octanol–water partition coefficient (Wildman–Crippen LogP) is 4.24. The molecule has 0 saturated carbocycles. The lowest BCUT2D eigenvalue weighted by atomic mass is 10.2. The number of halogens is 3. The van der Waals surface area contributed by atoms with Gasteiger partial charge in [0.15, 0.2) is 0 Å². The number of benzene rings is 2. The Morgan fingerprint density at radius 1 is 1.16 bits per heavy atom. The Balaban J connectivity index is 2.14. The van der Waals surface area contributed by atoms with E-state index in [-0.39, 0.29) is 18.2 Å². The second kappa shape index (κ2) is 5.89. The van der Waals surface area contributed by atoms with Crippen LogP contribution < -0.4 is 10.1 Å². The highest BCUT2D eigenvalue weighted by Gasteiger charge is 2.06. The number of rotatable bonds is 4. The highest BCUT2D eigenvalue weighted by atomic mass is 35.5. The highest BCUT2D eigenvalue weighted by Crippen LogP contribution is 2.26. The van der Waals surface area contributed by atoms with E-state index in [4.69, 9.17) is 16.3 Å². The average Bonchev–Trinajstić information content (AvgIpc) is 2.39. The van der Waals surface area contributed by atoms with Crippen molar-refractivity contribution >= 4 is 17.3 Å². The molecule has 0 aliphatic carbocycles. The molecule has 0 atom stereocenters. The zero-order valence-corrected chi connectivity index (χ0v) is 11.0. The van der Waals surface area contributed by atoms with Gasteiger partial charge in [0, 0.05) is 23.2 Å². The normalized spacial score (nSPS) is 10.3. The summed E-state index contributed by atoms with van der Waals surface area (Å²) in [6.07, 6.45) is 0. The maximum Gasteiger partial charge on any atom is 0.144 e. The van der Waals surface area contributed by atoms with Crippen molar-refractivity contribution in [3.8, 4) is 5.75 Å². The molecule has 0 spiro atoms. The van der Waals surface area contributed by atoms with Gasteiger partial charge in [-0.3, -0.25) is 0 Å². The molecule has 0 saturated heterocycles. The Labute approximate surface area is 115 Å². The van der Waals surface area contributed by atoms with Gasteiger partial charge < -0.3 is 10.1 Å². The van der Waals surface area contributed by atoms with Gasteiger partial charge >= 0.3 is 0 Å². The van der Waals surface area contributed by atoms with Gasteiger partial charge in [0.2, 0.25) is 0 Å². The second-order valence-corrected chi connectivity index (χ2v) is 4.37. The Morgan fingerprint density at radius 3 is 2.63 bits per heavy atom. The molecule has 5 heteroatoms. The molecule has 0 heterocycles. The van der Waals surface area contributed by atoms with Crippen molar-refractivity contribution in [2.75, 3.05) is 12.4 Å². The molecule has 0 aliphatic rings. The largest absolute Gasteiger partial charge is 0.494 e. The number of hydrogen-bond donors (Lipinski definition) is 1. The summed E-state index contributed by atoms with van der Waals surface area (Å²) in [7, 11) is 1.45. The molecular formula is C14H12ClF2NO. The van der Waals surface area contributed by atoms with E-state index in [1.54, 1.807) is 18.2 Å². The van der Waals surface area contributed by atoms with Crippen LogP contribution in [-0.2, 0) is 6.54 Å². The zero-order chi connectivity index (χ0) is 13.8. The predicted molar refractivity (Wildman–Crippen MR) is 71.7 cm³/mol. The number of ether oxygens (including phenoxy) is 1. The van der Waals surface area contributed by atoms with Crippen LogP contribution in [0.2, 0.25) is 5.02 Å². The van der Waals surface area contributed by atoms with Gasteiger partial charge in [-0.05, 0) is 24.3 Å². The summed E-state index contributed by atoms with van der Waals surface area (Å²) in [4.78, 5) is 0. The minimum absolute atomic E-state index is 0.255. The molecule has 0 radical (unpaired) electrons. The third-order valence-corrected chi connectivity index (χ3v) is 2.88. The standard InChI is InChI=1S/C14H12ClF2NO/c1-19-14-7-11(16)4-5-13(14)18-8-9-2-3-10(15)6-12(9)17/h2-7,18H,8H2,1H3. The number of anilines is 1. The summed E-state index contributed by atoms with van der Waals surface area (Å²) in [6, 6.07) is 8.58. The summed E-state index contributed by atoms with van der Waals surface area (Å²) < 4.78 is 31.7. The first-order valence-corrected chi connectivity index (χ1v) is 5.99. The summed E-state index contributed by atoms with van der Waals surface area (Å²) in [6.45, 7) is 0.255. The van der Waals surface area contributed by atoms with Crippen LogP contribution in [0.4, 0.5) is 14.5 Å². The van der Waals surface area contributed by atoms with Crippen LogP contribution in [0.1, 0.15) is 5.56 Å². The van der Waals surface area contributed by atoms with Crippen molar-refractivity contribution < 1.29 is 13.5 Å². The lowest BCUT2D eigenvalue weighted by Crippen LogP contribution is -2.03. The molecule has 100 valence electrons. The van der Waals surface area contributed by atoms with E-state index in [2.05, 4.69) is 5.32 Å². The molecular weight excluding hydrogens is 272 g/mol. The quantitative estimate of drug-likeness (QED) is 0.906. The van der Waals surface area contributed by atoms with Gasteiger partial charge in [0.05, 0.1) is 12.8 Å². The van der Waals surface area contributed by atoms with Gasteiger partial charge in [-0.1, -0.05) is 17.7 Å². The highest BCUT2D eigenvalue weighted by molar-refractivity contribution is 6.30. The second-order valence-electron chi connectivity index (χ2n) is 3.93. The fraction of sp³-hybridized carbons (Fsp3) is 0.143. The lowest BCUT2D eigenvalue weighted by Gasteiger charge is -2.11. The summed E-state index contributed by atoms with van der Waals surface area (Å²) in [5, 5.41) is 3.34. The van der Waals surface area contributed by atoms with E-state index in [0.29, 0.717) is 22.0 Å². The van der Waals surface area contributed by atoms with Crippen molar-refractivity contribution in [2.45, 2.75) is 6.54 Å². The van der Waals surface area contributed by atoms with Crippen molar-refractivity contribution in [3.05, 3.63) is 58.6 Å². The monoisotopic (exact) mass is 283 g/mol. The van der Waals surface area contributed by atoms with Gasteiger partial charge in [-0.15, -0.1) is 0 Å². The molecule has 0 fully saturated rings. The number of hydrogen-bond acceptors (Lipinski definition) is 2. The van der Waals surface area contributed by atoms with Crippen molar-refractivity contribution in [1.82, 2.24) is 0 Å². The molecule has 0 amide bonds. The molecule has 2 aromatic carbocycles. The molecule has 0 bridgehead atoms. The lowest BCUT2D eigenvalue weighted by molar-refractivity contribution is 0.413. The van der Waals surface area contributed by atoms with E-state index < -0.39 is 0 Å². The Kier molecular flexibility index (Phi) is 4.22. The average molecular weight is 284 g/mol. The van der Waals surface area contributed by atoms with Gasteiger partial charge in [0.25, 0.3) is 0 Å². The van der Waals surface area contributed by atoms with E-state index in [1.165, 1.54) is 25.3 Å². The fourth-order valence-corrected chi connectivity index (χ4v) is 1.83. The Morgan fingerprint density at radius 2 is 1.95 bits per heavy atom. The van der Waals surface area contributed by atoms with E-state index in [1.807, 2.05) is 0 Å². The van der Waals surface area contributed by atoms with E-state index in [9.17, 15) is 8.78 Å². The van der Waals surface area contributed by atoms with Gasteiger partial charge in [-0.25, -0.2) is 8.78 Å². The maximum atomic E-state index is 13.6. The number of methoxy groups -OCH3 is 1. The van der Waals surface area contributed by atoms with Crippen LogP contribution in [-0.4, -0.2) is 7.11 Å². The van der Waals surface area contributed by atoms with Crippen LogP contribution in [0.15, 0.2) is 36.4 Å². The van der Waals surface area contributed by atoms with Crippen LogP contribution in [0, 0.1) is 11.6 Å². The Hall–Kier alpha value is -1.81. The van der Waals surface area contributed by atoms with Crippen molar-refractivity contribution in [1.29, 1.82) is 0 Å². The topological polar surface area (TPSA) is 21.3 Å². The maximum absolute atomic E-state index is 13.6. The molecule has 0 aromatic heterocycles. The molecule has 2 rings (SSSR count). The molecule has 0 unspecified atom stereocenters. The van der Waals surface area contributed by atoms with Gasteiger partial charge in [-0.2, -0.15) is 0 Å². The summed E-state index contributed by atoms with van der Waals surface area (Å²) in [5.41, 5.74) is 1.06. The third kappa shape index (κ3) is 3.35. The fourth-order valence-electron chi connectivity index (χ4n) is 1.67.